The fraction of sp³-hybridized carbons (Fsp3) is 0.111. The average Bonchev–Trinajstić information content (AvgIpc) is 2.14. The van der Waals surface area contributed by atoms with Crippen LogP contribution in [0.4, 0.5) is 0 Å². The number of nitrogens with zero attached hydrogens (tertiary/aromatic N) is 1. The molecule has 0 radical (unpaired) electrons. The van der Waals surface area contributed by atoms with Crippen molar-refractivity contribution in [2.75, 3.05) is 6.61 Å². The van der Waals surface area contributed by atoms with Gasteiger partial charge in [-0.1, -0.05) is 24.3 Å². The van der Waals surface area contributed by atoms with Gasteiger partial charge in [0.25, 0.3) is 0 Å². The molecule has 0 fully saturated rings. The van der Waals surface area contributed by atoms with Crippen LogP contribution < -0.4 is 4.74 Å². The Hall–Kier alpha value is -1.55. The first-order valence-electron chi connectivity index (χ1n) is 3.78. The van der Waals surface area contributed by atoms with E-state index in [4.69, 9.17) is 21.4 Å². The number of aromatic nitrogens is 1. The molecule has 1 aromatic rings. The SMILES string of the molecule is C=CCOc1cc(C(=O)O)cc(Cl)n1. The molecule has 0 spiro atoms. The van der Waals surface area contributed by atoms with Gasteiger partial charge in [-0.3, -0.25) is 0 Å². The van der Waals surface area contributed by atoms with Gasteiger partial charge in [0.1, 0.15) is 11.8 Å². The summed E-state index contributed by atoms with van der Waals surface area (Å²) in [6.45, 7) is 3.71. The van der Waals surface area contributed by atoms with Crippen molar-refractivity contribution < 1.29 is 14.6 Å². The van der Waals surface area contributed by atoms with E-state index in [0.717, 1.165) is 0 Å². The van der Waals surface area contributed by atoms with E-state index in [-0.39, 0.29) is 23.2 Å². The summed E-state index contributed by atoms with van der Waals surface area (Å²) >= 11 is 5.59. The third-order valence-electron chi connectivity index (χ3n) is 1.37. The molecule has 0 aliphatic carbocycles. The third kappa shape index (κ3) is 2.74. The molecule has 1 aromatic heterocycles. The van der Waals surface area contributed by atoms with Crippen molar-refractivity contribution in [2.24, 2.45) is 0 Å². The number of halogens is 1. The van der Waals surface area contributed by atoms with Crippen LogP contribution in [0.15, 0.2) is 24.8 Å². The summed E-state index contributed by atoms with van der Waals surface area (Å²) in [5, 5.41) is 8.78. The van der Waals surface area contributed by atoms with E-state index in [0.29, 0.717) is 0 Å². The maximum absolute atomic E-state index is 10.6. The Labute approximate surface area is 85.8 Å². The number of carbonyl (C=O) groups is 1. The van der Waals surface area contributed by atoms with Crippen LogP contribution in [0.25, 0.3) is 0 Å². The predicted molar refractivity (Wildman–Crippen MR) is 51.9 cm³/mol. The molecule has 0 aliphatic rings. The fourth-order valence-electron chi connectivity index (χ4n) is 0.815. The van der Waals surface area contributed by atoms with Gasteiger partial charge in [-0.05, 0) is 6.07 Å². The smallest absolute Gasteiger partial charge is 0.335 e. The number of ether oxygens (including phenoxy) is 1. The van der Waals surface area contributed by atoms with Crippen LogP contribution >= 0.6 is 11.6 Å². The predicted octanol–water partition coefficient (Wildman–Crippen LogP) is 2.00. The second-order valence-electron chi connectivity index (χ2n) is 2.42. The second-order valence-corrected chi connectivity index (χ2v) is 2.81. The minimum absolute atomic E-state index is 0.0454. The zero-order valence-electron chi connectivity index (χ0n) is 7.24. The topological polar surface area (TPSA) is 59.4 Å². The summed E-state index contributed by atoms with van der Waals surface area (Å²) in [6, 6.07) is 2.56. The van der Waals surface area contributed by atoms with Crippen molar-refractivity contribution >= 4 is 17.6 Å². The van der Waals surface area contributed by atoms with E-state index >= 15 is 0 Å². The third-order valence-corrected chi connectivity index (χ3v) is 1.56. The highest BCUT2D eigenvalue weighted by atomic mass is 35.5. The molecule has 0 saturated heterocycles. The van der Waals surface area contributed by atoms with Crippen LogP contribution in [0.1, 0.15) is 10.4 Å². The number of hydrogen-bond acceptors (Lipinski definition) is 3. The van der Waals surface area contributed by atoms with Gasteiger partial charge < -0.3 is 9.84 Å². The number of carboxylic acid groups (broad SMARTS) is 1. The van der Waals surface area contributed by atoms with E-state index in [1.54, 1.807) is 0 Å². The van der Waals surface area contributed by atoms with Crippen molar-refractivity contribution in [3.05, 3.63) is 35.5 Å². The Morgan fingerprint density at radius 2 is 2.43 bits per heavy atom. The Balaban J connectivity index is 2.94. The standard InChI is InChI=1S/C9H8ClNO3/c1-2-3-14-8-5-6(9(12)13)4-7(10)11-8/h2,4-5H,1,3H2,(H,12,13). The molecule has 1 N–H and O–H groups in total. The molecule has 74 valence electrons. The fourth-order valence-corrected chi connectivity index (χ4v) is 1.02. The van der Waals surface area contributed by atoms with Crippen LogP contribution in [-0.4, -0.2) is 22.7 Å². The molecular formula is C9H8ClNO3. The van der Waals surface area contributed by atoms with Crippen molar-refractivity contribution in [3.8, 4) is 5.88 Å². The molecule has 0 amide bonds. The first kappa shape index (κ1) is 10.5. The van der Waals surface area contributed by atoms with Gasteiger partial charge in [-0.15, -0.1) is 0 Å². The first-order chi connectivity index (χ1) is 6.63. The van der Waals surface area contributed by atoms with Gasteiger partial charge in [-0.25, -0.2) is 9.78 Å². The zero-order chi connectivity index (χ0) is 10.6. The largest absolute Gasteiger partial charge is 0.478 e. The van der Waals surface area contributed by atoms with Crippen molar-refractivity contribution in [2.45, 2.75) is 0 Å². The summed E-state index contributed by atoms with van der Waals surface area (Å²) < 4.78 is 5.05. The molecule has 0 saturated carbocycles. The monoisotopic (exact) mass is 213 g/mol. The van der Waals surface area contributed by atoms with Gasteiger partial charge in [0, 0.05) is 6.07 Å². The first-order valence-corrected chi connectivity index (χ1v) is 4.16. The molecule has 0 aromatic carbocycles. The Bertz CT molecular complexity index is 365. The summed E-state index contributed by atoms with van der Waals surface area (Å²) in [5.41, 5.74) is 0.0454. The number of hydrogen-bond donors (Lipinski definition) is 1. The van der Waals surface area contributed by atoms with Gasteiger partial charge in [0.15, 0.2) is 0 Å². The van der Waals surface area contributed by atoms with E-state index < -0.39 is 5.97 Å². The summed E-state index contributed by atoms with van der Waals surface area (Å²) in [7, 11) is 0. The molecule has 0 atom stereocenters. The molecule has 4 nitrogen and oxygen atoms in total. The average molecular weight is 214 g/mol. The molecule has 0 unspecified atom stereocenters. The molecule has 5 heteroatoms. The highest BCUT2D eigenvalue weighted by Gasteiger charge is 2.07. The number of carboxylic acids is 1. The molecule has 1 rings (SSSR count). The summed E-state index contributed by atoms with van der Waals surface area (Å²) in [6.07, 6.45) is 1.53. The van der Waals surface area contributed by atoms with Crippen molar-refractivity contribution in [1.82, 2.24) is 4.98 Å². The number of aromatic carboxylic acids is 1. The van der Waals surface area contributed by atoms with E-state index in [2.05, 4.69) is 11.6 Å². The summed E-state index contributed by atoms with van der Waals surface area (Å²) in [5.74, 6) is -0.896. The molecule has 14 heavy (non-hydrogen) atoms. The molecular weight excluding hydrogens is 206 g/mol. The minimum atomic E-state index is -1.07. The van der Waals surface area contributed by atoms with Gasteiger partial charge in [0.05, 0.1) is 5.56 Å². The normalized spacial score (nSPS) is 9.50. The maximum atomic E-state index is 10.6. The highest BCUT2D eigenvalue weighted by Crippen LogP contribution is 2.16. The quantitative estimate of drug-likeness (QED) is 0.614. The Kier molecular flexibility index (Phi) is 3.48. The lowest BCUT2D eigenvalue weighted by molar-refractivity contribution is 0.0696. The Morgan fingerprint density at radius 1 is 1.71 bits per heavy atom. The van der Waals surface area contributed by atoms with Crippen molar-refractivity contribution in [3.63, 3.8) is 0 Å². The summed E-state index contributed by atoms with van der Waals surface area (Å²) in [4.78, 5) is 14.4. The maximum Gasteiger partial charge on any atom is 0.335 e. The van der Waals surface area contributed by atoms with E-state index in [1.165, 1.54) is 18.2 Å². The minimum Gasteiger partial charge on any atom is -0.478 e. The molecule has 0 bridgehead atoms. The van der Waals surface area contributed by atoms with Crippen LogP contribution in [-0.2, 0) is 0 Å². The van der Waals surface area contributed by atoms with Crippen LogP contribution in [0, 0.1) is 0 Å². The lowest BCUT2D eigenvalue weighted by Gasteiger charge is -2.03. The second kappa shape index (κ2) is 4.62. The Morgan fingerprint density at radius 3 is 3.00 bits per heavy atom. The number of pyridine rings is 1. The van der Waals surface area contributed by atoms with E-state index in [1.807, 2.05) is 0 Å². The van der Waals surface area contributed by atoms with Crippen molar-refractivity contribution in [1.29, 1.82) is 0 Å². The molecule has 1 heterocycles. The molecule has 0 aliphatic heterocycles. The number of rotatable bonds is 4. The lowest BCUT2D eigenvalue weighted by atomic mass is 10.3. The lowest BCUT2D eigenvalue weighted by Crippen LogP contribution is -2.01. The van der Waals surface area contributed by atoms with Gasteiger partial charge in [0.2, 0.25) is 5.88 Å². The van der Waals surface area contributed by atoms with Crippen LogP contribution in [0.2, 0.25) is 5.15 Å². The highest BCUT2D eigenvalue weighted by molar-refractivity contribution is 6.29. The van der Waals surface area contributed by atoms with Gasteiger partial charge in [-0.2, -0.15) is 0 Å². The van der Waals surface area contributed by atoms with Crippen LogP contribution in [0.5, 0.6) is 5.88 Å². The zero-order valence-corrected chi connectivity index (χ0v) is 7.99. The van der Waals surface area contributed by atoms with Crippen LogP contribution in [0.3, 0.4) is 0 Å². The van der Waals surface area contributed by atoms with Gasteiger partial charge >= 0.3 is 5.97 Å². The van der Waals surface area contributed by atoms with E-state index in [9.17, 15) is 4.79 Å².